The molecule has 11 heteroatoms. The summed E-state index contributed by atoms with van der Waals surface area (Å²) in [4.78, 5) is 30.5. The van der Waals surface area contributed by atoms with E-state index >= 15 is 0 Å². The first kappa shape index (κ1) is 20.8. The van der Waals surface area contributed by atoms with Gasteiger partial charge in [-0.25, -0.2) is 14.2 Å². The van der Waals surface area contributed by atoms with Gasteiger partial charge in [0.25, 0.3) is 5.91 Å². The van der Waals surface area contributed by atoms with Crippen molar-refractivity contribution in [2.45, 2.75) is 11.4 Å². The number of hydrogen-bond acceptors (Lipinski definition) is 7. The van der Waals surface area contributed by atoms with E-state index in [9.17, 15) is 14.0 Å². The first-order valence-electron chi connectivity index (χ1n) is 9.26. The van der Waals surface area contributed by atoms with Gasteiger partial charge in [0.15, 0.2) is 10.1 Å². The molecule has 1 aromatic heterocycles. The molecule has 1 aromatic carbocycles. The summed E-state index contributed by atoms with van der Waals surface area (Å²) < 4.78 is 20.8. The molecule has 3 heterocycles. The Bertz CT molecular complexity index is 1120. The van der Waals surface area contributed by atoms with Crippen LogP contribution in [-0.4, -0.2) is 40.4 Å². The average molecular weight is 441 g/mol. The largest absolute Gasteiger partial charge is 0.465 e. The summed E-state index contributed by atoms with van der Waals surface area (Å²) in [6, 6.07) is 8.94. The van der Waals surface area contributed by atoms with Crippen LogP contribution in [0.25, 0.3) is 0 Å². The lowest BCUT2D eigenvalue weighted by molar-refractivity contribution is 0.0560. The molecule has 0 radical (unpaired) electrons. The van der Waals surface area contributed by atoms with Crippen molar-refractivity contribution >= 4 is 34.6 Å². The number of hydrogen-bond donors (Lipinski definition) is 3. The normalized spacial score (nSPS) is 22.1. The minimum absolute atomic E-state index is 0.102. The van der Waals surface area contributed by atoms with Crippen LogP contribution in [0.2, 0.25) is 0 Å². The second kappa shape index (κ2) is 8.33. The molecule has 1 saturated heterocycles. The highest BCUT2D eigenvalue weighted by molar-refractivity contribution is 8.14. The number of aromatic nitrogens is 1. The van der Waals surface area contributed by atoms with Gasteiger partial charge in [-0.05, 0) is 48.5 Å². The number of halogens is 1. The number of amidine groups is 1. The van der Waals surface area contributed by atoms with Crippen LogP contribution < -0.4 is 10.6 Å². The minimum Gasteiger partial charge on any atom is -0.465 e. The molecule has 3 N–H and O–H groups in total. The molecule has 4 rings (SSSR count). The van der Waals surface area contributed by atoms with Gasteiger partial charge in [0.2, 0.25) is 0 Å². The Hall–Kier alpha value is -3.49. The quantitative estimate of drug-likeness (QED) is 0.666. The molecule has 2 aliphatic rings. The summed E-state index contributed by atoms with van der Waals surface area (Å²) >= 11 is 1.01. The van der Waals surface area contributed by atoms with Crippen LogP contribution in [0, 0.1) is 23.1 Å². The average Bonchev–Trinajstić information content (AvgIpc) is 3.18. The number of carbonyl (C=O) groups is 2. The van der Waals surface area contributed by atoms with E-state index in [1.807, 2.05) is 6.07 Å². The Labute approximate surface area is 180 Å². The predicted molar refractivity (Wildman–Crippen MR) is 110 cm³/mol. The van der Waals surface area contributed by atoms with Gasteiger partial charge in [0.1, 0.15) is 17.6 Å². The number of carbonyl (C=O) groups excluding carboxylic acids is 1. The zero-order chi connectivity index (χ0) is 22.0. The third kappa shape index (κ3) is 4.08. The smallest absolute Gasteiger partial charge is 0.410 e. The summed E-state index contributed by atoms with van der Waals surface area (Å²) in [5.41, 5.74) is 0.952. The molecule has 0 aliphatic carbocycles. The molecule has 158 valence electrons. The molecule has 9 nitrogen and oxygen atoms in total. The highest BCUT2D eigenvalue weighted by Crippen LogP contribution is 2.53. The maximum absolute atomic E-state index is 14.9. The molecule has 2 amide bonds. The van der Waals surface area contributed by atoms with E-state index < -0.39 is 22.8 Å². The SMILES string of the molecule is N#Cc1ccc(C(=O)Nc2ccc(F)c([C@]34OCC[C@H]3CN=C(NC(=O)O)S4)c2)nc1. The predicted octanol–water partition coefficient (Wildman–Crippen LogP) is 2.90. The van der Waals surface area contributed by atoms with Gasteiger partial charge in [-0.3, -0.25) is 15.1 Å². The first-order valence-corrected chi connectivity index (χ1v) is 10.1. The number of benzene rings is 1. The Balaban J connectivity index is 1.62. The molecule has 2 atom stereocenters. The van der Waals surface area contributed by atoms with Crippen molar-refractivity contribution in [2.75, 3.05) is 18.5 Å². The van der Waals surface area contributed by atoms with Crippen molar-refractivity contribution in [1.29, 1.82) is 5.26 Å². The fourth-order valence-electron chi connectivity index (χ4n) is 3.52. The maximum atomic E-state index is 14.9. The summed E-state index contributed by atoms with van der Waals surface area (Å²) in [5, 5.41) is 22.9. The van der Waals surface area contributed by atoms with Gasteiger partial charge in [-0.2, -0.15) is 5.26 Å². The van der Waals surface area contributed by atoms with Crippen molar-refractivity contribution in [3.8, 4) is 6.07 Å². The van der Waals surface area contributed by atoms with Crippen molar-refractivity contribution in [2.24, 2.45) is 10.9 Å². The number of aliphatic imine (C=N–C) groups is 1. The minimum atomic E-state index is -1.27. The molecule has 0 unspecified atom stereocenters. The number of anilines is 1. The zero-order valence-corrected chi connectivity index (χ0v) is 16.8. The number of amides is 2. The van der Waals surface area contributed by atoms with Crippen molar-refractivity contribution in [3.05, 3.63) is 59.2 Å². The monoisotopic (exact) mass is 441 g/mol. The Morgan fingerprint density at radius 2 is 2.16 bits per heavy atom. The Kier molecular flexibility index (Phi) is 5.58. The van der Waals surface area contributed by atoms with E-state index in [-0.39, 0.29) is 28.9 Å². The third-order valence-corrected chi connectivity index (χ3v) is 6.36. The lowest BCUT2D eigenvalue weighted by Gasteiger charge is -2.37. The van der Waals surface area contributed by atoms with E-state index in [0.29, 0.717) is 24.3 Å². The van der Waals surface area contributed by atoms with Gasteiger partial charge in [0, 0.05) is 36.5 Å². The summed E-state index contributed by atoms with van der Waals surface area (Å²) in [6.45, 7) is 0.659. The summed E-state index contributed by atoms with van der Waals surface area (Å²) in [5.74, 6) is -1.21. The van der Waals surface area contributed by atoms with Crippen molar-refractivity contribution < 1.29 is 23.8 Å². The van der Waals surface area contributed by atoms with Crippen LogP contribution in [0.1, 0.15) is 28.0 Å². The lowest BCUT2D eigenvalue weighted by atomic mass is 9.93. The molecule has 0 spiro atoms. The van der Waals surface area contributed by atoms with Crippen LogP contribution in [0.15, 0.2) is 41.5 Å². The van der Waals surface area contributed by atoms with Gasteiger partial charge in [0.05, 0.1) is 5.56 Å². The number of nitrogens with one attached hydrogen (secondary N) is 2. The van der Waals surface area contributed by atoms with Crippen LogP contribution >= 0.6 is 11.8 Å². The van der Waals surface area contributed by atoms with E-state index in [1.165, 1.54) is 36.5 Å². The van der Waals surface area contributed by atoms with E-state index in [0.717, 1.165) is 11.8 Å². The number of nitriles is 1. The van der Waals surface area contributed by atoms with Gasteiger partial charge in [-0.15, -0.1) is 0 Å². The molecule has 0 saturated carbocycles. The molecular weight excluding hydrogens is 425 g/mol. The topological polar surface area (TPSA) is 137 Å². The van der Waals surface area contributed by atoms with Crippen molar-refractivity contribution in [1.82, 2.24) is 10.3 Å². The van der Waals surface area contributed by atoms with E-state index in [4.69, 9.17) is 15.1 Å². The molecule has 2 aromatic rings. The number of pyridine rings is 1. The number of carboxylic acid groups (broad SMARTS) is 1. The van der Waals surface area contributed by atoms with E-state index in [2.05, 4.69) is 20.6 Å². The maximum Gasteiger partial charge on any atom is 0.410 e. The summed E-state index contributed by atoms with van der Waals surface area (Å²) in [7, 11) is 0. The molecule has 2 aliphatic heterocycles. The second-order valence-electron chi connectivity index (χ2n) is 6.87. The third-order valence-electron chi connectivity index (χ3n) is 4.96. The molecular formula is C20H16FN5O4S. The second-order valence-corrected chi connectivity index (χ2v) is 8.07. The van der Waals surface area contributed by atoms with Gasteiger partial charge < -0.3 is 15.2 Å². The van der Waals surface area contributed by atoms with Crippen LogP contribution in [0.4, 0.5) is 14.9 Å². The van der Waals surface area contributed by atoms with Gasteiger partial charge >= 0.3 is 6.09 Å². The standard InChI is InChI=1S/C20H16FN5O4S/c21-15-3-2-13(25-17(27)16-4-1-11(8-22)9-23-16)7-14(15)20-12(5-6-30-20)10-24-18(31-20)26-19(28)29/h1-4,7,9,12H,5-6,10H2,(H,24,26)(H,25,27)(H,28,29)/t12-,20-/m0/s1. The van der Waals surface area contributed by atoms with E-state index in [1.54, 1.807) is 0 Å². The number of ether oxygens (including phenoxy) is 1. The van der Waals surface area contributed by atoms with Crippen LogP contribution in [-0.2, 0) is 9.67 Å². The molecule has 31 heavy (non-hydrogen) atoms. The Morgan fingerprint density at radius 3 is 2.87 bits per heavy atom. The fourth-order valence-corrected chi connectivity index (χ4v) is 4.85. The lowest BCUT2D eigenvalue weighted by Crippen LogP contribution is -2.41. The fraction of sp³-hybridized carbons (Fsp3) is 0.250. The number of rotatable bonds is 3. The Morgan fingerprint density at radius 1 is 1.32 bits per heavy atom. The van der Waals surface area contributed by atoms with Crippen molar-refractivity contribution in [3.63, 3.8) is 0 Å². The highest BCUT2D eigenvalue weighted by Gasteiger charge is 2.51. The molecule has 0 bridgehead atoms. The zero-order valence-electron chi connectivity index (χ0n) is 16.0. The first-order chi connectivity index (χ1) is 14.9. The summed E-state index contributed by atoms with van der Waals surface area (Å²) in [6.07, 6.45) is 0.659. The van der Waals surface area contributed by atoms with Crippen LogP contribution in [0.3, 0.4) is 0 Å². The number of nitrogens with zero attached hydrogens (tertiary/aromatic N) is 3. The van der Waals surface area contributed by atoms with Gasteiger partial charge in [-0.1, -0.05) is 0 Å². The number of fused-ring (bicyclic) bond motifs is 1. The van der Waals surface area contributed by atoms with Crippen LogP contribution in [0.5, 0.6) is 0 Å². The molecule has 1 fully saturated rings. The highest BCUT2D eigenvalue weighted by atomic mass is 32.2. The number of thioether (sulfide) groups is 1.